The van der Waals surface area contributed by atoms with Gasteiger partial charge in [0.2, 0.25) is 5.91 Å². The van der Waals surface area contributed by atoms with E-state index in [1.54, 1.807) is 0 Å². The molecule has 2 amide bonds. The van der Waals surface area contributed by atoms with Crippen molar-refractivity contribution in [3.05, 3.63) is 59.7 Å². The highest BCUT2D eigenvalue weighted by atomic mass is 16.5. The molecule has 34 heavy (non-hydrogen) atoms. The van der Waals surface area contributed by atoms with Crippen molar-refractivity contribution >= 4 is 18.0 Å². The molecule has 7 heteroatoms. The summed E-state index contributed by atoms with van der Waals surface area (Å²) in [7, 11) is 0. The van der Waals surface area contributed by atoms with Crippen LogP contribution in [-0.2, 0) is 14.3 Å². The Balaban J connectivity index is 1.11. The van der Waals surface area contributed by atoms with Crippen molar-refractivity contribution in [3.63, 3.8) is 0 Å². The van der Waals surface area contributed by atoms with Gasteiger partial charge < -0.3 is 20.5 Å². The lowest BCUT2D eigenvalue weighted by Gasteiger charge is -2.41. The largest absolute Gasteiger partial charge is 0.481 e. The summed E-state index contributed by atoms with van der Waals surface area (Å²) in [6.45, 7) is 1.07. The van der Waals surface area contributed by atoms with Crippen molar-refractivity contribution in [2.75, 3.05) is 19.7 Å². The Bertz CT molecular complexity index is 1060. The van der Waals surface area contributed by atoms with Gasteiger partial charge in [0.05, 0.1) is 5.92 Å². The number of carbonyl (C=O) groups is 3. The number of benzene rings is 2. The Morgan fingerprint density at radius 3 is 2.18 bits per heavy atom. The van der Waals surface area contributed by atoms with Crippen LogP contribution in [0.25, 0.3) is 11.1 Å². The number of carbonyl (C=O) groups excluding carboxylic acids is 2. The van der Waals surface area contributed by atoms with Crippen LogP contribution in [-0.4, -0.2) is 42.8 Å². The van der Waals surface area contributed by atoms with E-state index in [-0.39, 0.29) is 35.7 Å². The highest BCUT2D eigenvalue weighted by molar-refractivity contribution is 5.79. The summed E-state index contributed by atoms with van der Waals surface area (Å²) in [6, 6.07) is 16.4. The Hall–Kier alpha value is -3.35. The summed E-state index contributed by atoms with van der Waals surface area (Å²) in [5.41, 5.74) is 4.47. The van der Waals surface area contributed by atoms with Crippen LogP contribution in [0.2, 0.25) is 0 Å². The summed E-state index contributed by atoms with van der Waals surface area (Å²) in [5, 5.41) is 14.7. The van der Waals surface area contributed by atoms with Gasteiger partial charge in [0.1, 0.15) is 6.61 Å². The second-order valence-electron chi connectivity index (χ2n) is 9.95. The van der Waals surface area contributed by atoms with Crippen LogP contribution in [0.3, 0.4) is 0 Å². The highest BCUT2D eigenvalue weighted by Gasteiger charge is 2.44. The van der Waals surface area contributed by atoms with E-state index in [0.29, 0.717) is 25.9 Å². The monoisotopic (exact) mass is 462 g/mol. The molecule has 3 N–H and O–H groups in total. The van der Waals surface area contributed by atoms with E-state index in [2.05, 4.69) is 34.9 Å². The third-order valence-electron chi connectivity index (χ3n) is 7.70. The van der Waals surface area contributed by atoms with Crippen LogP contribution in [0.15, 0.2) is 48.5 Å². The number of hydrogen-bond donors (Lipinski definition) is 3. The number of carboxylic acids is 1. The van der Waals surface area contributed by atoms with Gasteiger partial charge in [-0.25, -0.2) is 4.79 Å². The lowest BCUT2D eigenvalue weighted by Crippen LogP contribution is -2.45. The van der Waals surface area contributed by atoms with E-state index >= 15 is 0 Å². The number of fused-ring (bicyclic) bond motifs is 3. The Morgan fingerprint density at radius 2 is 1.62 bits per heavy atom. The average Bonchev–Trinajstić information content (AvgIpc) is 3.54. The first-order chi connectivity index (χ1) is 16.5. The van der Waals surface area contributed by atoms with Gasteiger partial charge >= 0.3 is 12.1 Å². The van der Waals surface area contributed by atoms with Crippen LogP contribution >= 0.6 is 0 Å². The molecule has 5 rings (SSSR count). The van der Waals surface area contributed by atoms with Gasteiger partial charge in [-0.1, -0.05) is 55.0 Å². The molecule has 7 nitrogen and oxygen atoms in total. The molecule has 0 bridgehead atoms. The fourth-order valence-electron chi connectivity index (χ4n) is 5.43. The van der Waals surface area contributed by atoms with E-state index in [1.165, 1.54) is 22.3 Å². The number of hydrogen-bond acceptors (Lipinski definition) is 4. The molecule has 2 fully saturated rings. The third-order valence-corrected chi connectivity index (χ3v) is 7.70. The molecule has 0 aliphatic heterocycles. The Labute approximate surface area is 198 Å². The molecular formula is C27H30N2O5. The number of nitrogens with one attached hydrogen (secondary N) is 2. The second-order valence-corrected chi connectivity index (χ2v) is 9.95. The van der Waals surface area contributed by atoms with Crippen LogP contribution in [0.4, 0.5) is 4.79 Å². The first-order valence-corrected chi connectivity index (χ1v) is 12.0. The topological polar surface area (TPSA) is 105 Å². The van der Waals surface area contributed by atoms with Gasteiger partial charge in [0.25, 0.3) is 0 Å². The van der Waals surface area contributed by atoms with Gasteiger partial charge in [-0.2, -0.15) is 0 Å². The molecule has 3 aliphatic carbocycles. The highest BCUT2D eigenvalue weighted by Crippen LogP contribution is 2.45. The second kappa shape index (κ2) is 9.12. The maximum Gasteiger partial charge on any atom is 0.407 e. The number of rotatable bonds is 9. The van der Waals surface area contributed by atoms with Crippen LogP contribution in [0, 0.1) is 17.3 Å². The smallest absolute Gasteiger partial charge is 0.407 e. The lowest BCUT2D eigenvalue weighted by molar-refractivity contribution is -0.139. The van der Waals surface area contributed by atoms with Gasteiger partial charge in [0, 0.05) is 25.4 Å². The van der Waals surface area contributed by atoms with Gasteiger partial charge in [-0.3, -0.25) is 9.59 Å². The normalized spacial score (nSPS) is 21.5. The van der Waals surface area contributed by atoms with Crippen molar-refractivity contribution in [2.24, 2.45) is 17.3 Å². The molecule has 0 aromatic heterocycles. The zero-order valence-corrected chi connectivity index (χ0v) is 19.1. The fraction of sp³-hybridized carbons (Fsp3) is 0.444. The van der Waals surface area contributed by atoms with E-state index in [9.17, 15) is 14.4 Å². The molecule has 0 spiro atoms. The minimum absolute atomic E-state index is 0.0126. The van der Waals surface area contributed by atoms with Gasteiger partial charge in [-0.05, 0) is 52.8 Å². The van der Waals surface area contributed by atoms with Crippen molar-refractivity contribution in [3.8, 4) is 11.1 Å². The number of aliphatic carboxylic acids is 1. The first-order valence-electron chi connectivity index (χ1n) is 12.0. The number of alkyl carbamates (subject to hydrolysis) is 1. The molecule has 2 saturated carbocycles. The predicted molar refractivity (Wildman–Crippen MR) is 126 cm³/mol. The maximum atomic E-state index is 12.5. The zero-order chi connectivity index (χ0) is 23.7. The van der Waals surface area contributed by atoms with Crippen molar-refractivity contribution in [1.82, 2.24) is 10.6 Å². The third kappa shape index (κ3) is 4.52. The predicted octanol–water partition coefficient (Wildman–Crippen LogP) is 3.92. The number of carboxylic acid groups (broad SMARTS) is 1. The molecular weight excluding hydrogens is 432 g/mol. The number of ether oxygens (including phenoxy) is 1. The number of amides is 2. The summed E-state index contributed by atoms with van der Waals surface area (Å²) in [5.74, 6) is -1.14. The van der Waals surface area contributed by atoms with Crippen molar-refractivity contribution < 1.29 is 24.2 Å². The molecule has 0 heterocycles. The summed E-state index contributed by atoms with van der Waals surface area (Å²) in [4.78, 5) is 35.9. The first kappa shape index (κ1) is 22.4. The van der Waals surface area contributed by atoms with Crippen molar-refractivity contribution in [1.29, 1.82) is 0 Å². The van der Waals surface area contributed by atoms with Gasteiger partial charge in [-0.15, -0.1) is 0 Å². The average molecular weight is 463 g/mol. The minimum Gasteiger partial charge on any atom is -0.481 e. The molecule has 178 valence electrons. The van der Waals surface area contributed by atoms with E-state index in [0.717, 1.165) is 19.3 Å². The molecule has 0 radical (unpaired) electrons. The van der Waals surface area contributed by atoms with E-state index in [4.69, 9.17) is 9.84 Å². The standard InChI is InChI=1S/C27H30N2O5/c30-24(28-14-17-12-22(17)25(31)32)13-27(10-5-11-27)16-29-26(33)34-15-23-20-8-3-1-6-18(20)19-7-2-4-9-21(19)23/h1-4,6-9,17,22-23H,5,10-16H2,(H,28,30)(H,29,33)(H,31,32)/t17-,22-/m1/s1. The maximum absolute atomic E-state index is 12.5. The molecule has 2 atom stereocenters. The van der Waals surface area contributed by atoms with E-state index < -0.39 is 12.1 Å². The lowest BCUT2D eigenvalue weighted by atomic mass is 9.66. The van der Waals surface area contributed by atoms with Crippen LogP contribution in [0.5, 0.6) is 0 Å². The summed E-state index contributed by atoms with van der Waals surface area (Å²) < 4.78 is 5.62. The Morgan fingerprint density at radius 1 is 0.971 bits per heavy atom. The molecule has 0 unspecified atom stereocenters. The SMILES string of the molecule is O=C(CC1(CNC(=O)OCC2c3ccccc3-c3ccccc32)CCC1)NC[C@H]1C[C@H]1C(=O)O. The molecule has 2 aromatic rings. The quantitative estimate of drug-likeness (QED) is 0.524. The summed E-state index contributed by atoms with van der Waals surface area (Å²) >= 11 is 0. The Kier molecular flexibility index (Phi) is 6.02. The molecule has 3 aliphatic rings. The molecule has 2 aromatic carbocycles. The van der Waals surface area contributed by atoms with Crippen LogP contribution < -0.4 is 10.6 Å². The van der Waals surface area contributed by atoms with Crippen LogP contribution in [0.1, 0.15) is 49.1 Å². The van der Waals surface area contributed by atoms with E-state index in [1.807, 2.05) is 24.3 Å². The molecule has 0 saturated heterocycles. The fourth-order valence-corrected chi connectivity index (χ4v) is 5.43. The zero-order valence-electron chi connectivity index (χ0n) is 19.1. The summed E-state index contributed by atoms with van der Waals surface area (Å²) in [6.07, 6.45) is 3.29. The minimum atomic E-state index is -0.790. The van der Waals surface area contributed by atoms with Gasteiger partial charge in [0.15, 0.2) is 0 Å². The van der Waals surface area contributed by atoms with Crippen molar-refractivity contribution in [2.45, 2.75) is 38.0 Å².